The van der Waals surface area contributed by atoms with Crippen molar-refractivity contribution in [2.75, 3.05) is 19.6 Å². The molecule has 0 aromatic carbocycles. The lowest BCUT2D eigenvalue weighted by atomic mass is 9.84. The van der Waals surface area contributed by atoms with Gasteiger partial charge in [0.2, 0.25) is 0 Å². The Morgan fingerprint density at radius 1 is 1.33 bits per heavy atom. The van der Waals surface area contributed by atoms with Crippen molar-refractivity contribution < 1.29 is 5.11 Å². The van der Waals surface area contributed by atoms with Crippen LogP contribution >= 0.6 is 0 Å². The van der Waals surface area contributed by atoms with Gasteiger partial charge in [-0.1, -0.05) is 38.3 Å². The zero-order valence-corrected chi connectivity index (χ0v) is 10.3. The SMILES string of the molecule is C=C(C)CN(CC)CC1(O)CCCCC1. The van der Waals surface area contributed by atoms with E-state index >= 15 is 0 Å². The van der Waals surface area contributed by atoms with Crippen LogP contribution in [0.15, 0.2) is 12.2 Å². The van der Waals surface area contributed by atoms with Gasteiger partial charge in [-0.05, 0) is 26.3 Å². The molecule has 0 aliphatic heterocycles. The van der Waals surface area contributed by atoms with Crippen LogP contribution in [0, 0.1) is 0 Å². The topological polar surface area (TPSA) is 23.5 Å². The minimum atomic E-state index is -0.427. The van der Waals surface area contributed by atoms with Gasteiger partial charge in [0.15, 0.2) is 0 Å². The summed E-state index contributed by atoms with van der Waals surface area (Å²) in [5.74, 6) is 0. The lowest BCUT2D eigenvalue weighted by Gasteiger charge is -2.36. The second kappa shape index (κ2) is 5.66. The van der Waals surface area contributed by atoms with Crippen LogP contribution in [0.3, 0.4) is 0 Å². The molecule has 0 heterocycles. The first-order valence-corrected chi connectivity index (χ1v) is 6.15. The van der Waals surface area contributed by atoms with Gasteiger partial charge in [-0.2, -0.15) is 0 Å². The molecule has 0 bridgehead atoms. The molecular weight excluding hydrogens is 186 g/mol. The molecule has 15 heavy (non-hydrogen) atoms. The predicted molar refractivity (Wildman–Crippen MR) is 65.0 cm³/mol. The third-order valence-electron chi connectivity index (χ3n) is 3.24. The maximum Gasteiger partial charge on any atom is 0.0774 e. The van der Waals surface area contributed by atoms with E-state index in [0.717, 1.165) is 32.5 Å². The van der Waals surface area contributed by atoms with Crippen LogP contribution in [-0.2, 0) is 0 Å². The number of hydrogen-bond acceptors (Lipinski definition) is 2. The van der Waals surface area contributed by atoms with E-state index in [1.165, 1.54) is 24.8 Å². The van der Waals surface area contributed by atoms with Gasteiger partial charge >= 0.3 is 0 Å². The Bertz CT molecular complexity index is 207. The minimum absolute atomic E-state index is 0.427. The van der Waals surface area contributed by atoms with Crippen LogP contribution < -0.4 is 0 Å². The largest absolute Gasteiger partial charge is 0.389 e. The third kappa shape index (κ3) is 4.35. The van der Waals surface area contributed by atoms with Gasteiger partial charge in [0.1, 0.15) is 0 Å². The van der Waals surface area contributed by atoms with Crippen LogP contribution in [0.2, 0.25) is 0 Å². The molecular formula is C13H25NO. The molecule has 2 heteroatoms. The number of nitrogens with zero attached hydrogens (tertiary/aromatic N) is 1. The van der Waals surface area contributed by atoms with E-state index in [4.69, 9.17) is 0 Å². The van der Waals surface area contributed by atoms with Crippen LogP contribution in [0.25, 0.3) is 0 Å². The molecule has 2 nitrogen and oxygen atoms in total. The first kappa shape index (κ1) is 12.7. The molecule has 0 aromatic heterocycles. The highest BCUT2D eigenvalue weighted by molar-refractivity contribution is 4.94. The standard InChI is InChI=1S/C13H25NO/c1-4-14(10-12(2)3)11-13(15)8-6-5-7-9-13/h15H,2,4-11H2,1,3H3. The van der Waals surface area contributed by atoms with Gasteiger partial charge in [-0.25, -0.2) is 0 Å². The van der Waals surface area contributed by atoms with E-state index in [-0.39, 0.29) is 0 Å². The molecule has 0 unspecified atom stereocenters. The van der Waals surface area contributed by atoms with Crippen LogP contribution in [0.5, 0.6) is 0 Å². The zero-order valence-electron chi connectivity index (χ0n) is 10.3. The smallest absolute Gasteiger partial charge is 0.0774 e. The summed E-state index contributed by atoms with van der Waals surface area (Å²) in [6.45, 7) is 10.9. The molecule has 88 valence electrons. The summed E-state index contributed by atoms with van der Waals surface area (Å²) in [7, 11) is 0. The normalized spacial score (nSPS) is 20.5. The molecule has 0 radical (unpaired) electrons. The average Bonchev–Trinajstić information content (AvgIpc) is 2.16. The zero-order chi connectivity index (χ0) is 11.3. The van der Waals surface area contributed by atoms with E-state index in [1.807, 2.05) is 6.92 Å². The summed E-state index contributed by atoms with van der Waals surface area (Å²) < 4.78 is 0. The van der Waals surface area contributed by atoms with Gasteiger partial charge in [-0.3, -0.25) is 4.90 Å². The van der Waals surface area contributed by atoms with Crippen molar-refractivity contribution in [1.82, 2.24) is 4.90 Å². The minimum Gasteiger partial charge on any atom is -0.389 e. The van der Waals surface area contributed by atoms with Gasteiger partial charge in [0.25, 0.3) is 0 Å². The monoisotopic (exact) mass is 211 g/mol. The highest BCUT2D eigenvalue weighted by atomic mass is 16.3. The second-order valence-corrected chi connectivity index (χ2v) is 5.05. The summed E-state index contributed by atoms with van der Waals surface area (Å²) in [5, 5.41) is 10.4. The summed E-state index contributed by atoms with van der Waals surface area (Å²) in [4.78, 5) is 2.30. The fourth-order valence-electron chi connectivity index (χ4n) is 2.45. The molecule has 0 amide bonds. The van der Waals surface area contributed by atoms with Gasteiger partial charge in [0, 0.05) is 13.1 Å². The maximum atomic E-state index is 10.4. The lowest BCUT2D eigenvalue weighted by molar-refractivity contribution is -0.0233. The van der Waals surface area contributed by atoms with Crippen molar-refractivity contribution in [2.45, 2.75) is 51.6 Å². The second-order valence-electron chi connectivity index (χ2n) is 5.05. The maximum absolute atomic E-state index is 10.4. The van der Waals surface area contributed by atoms with Crippen LogP contribution in [0.1, 0.15) is 46.0 Å². The molecule has 1 aliphatic rings. The molecule has 1 N–H and O–H groups in total. The fourth-order valence-corrected chi connectivity index (χ4v) is 2.45. The van der Waals surface area contributed by atoms with Crippen molar-refractivity contribution in [2.24, 2.45) is 0 Å². The molecule has 1 aliphatic carbocycles. The number of hydrogen-bond donors (Lipinski definition) is 1. The highest BCUT2D eigenvalue weighted by Gasteiger charge is 2.30. The molecule has 1 saturated carbocycles. The first-order valence-electron chi connectivity index (χ1n) is 6.15. The van der Waals surface area contributed by atoms with E-state index in [1.54, 1.807) is 0 Å². The van der Waals surface area contributed by atoms with Crippen molar-refractivity contribution >= 4 is 0 Å². The predicted octanol–water partition coefficient (Wildman–Crippen LogP) is 2.58. The summed E-state index contributed by atoms with van der Waals surface area (Å²) in [5.41, 5.74) is 0.750. The Morgan fingerprint density at radius 3 is 2.40 bits per heavy atom. The Hall–Kier alpha value is -0.340. The molecule has 0 aromatic rings. The van der Waals surface area contributed by atoms with Gasteiger partial charge in [-0.15, -0.1) is 0 Å². The van der Waals surface area contributed by atoms with Crippen LogP contribution in [0.4, 0.5) is 0 Å². The number of rotatable bonds is 5. The summed E-state index contributed by atoms with van der Waals surface area (Å²) in [6, 6.07) is 0. The number of likely N-dealkylation sites (N-methyl/N-ethyl adjacent to an activating group) is 1. The Morgan fingerprint density at radius 2 is 1.93 bits per heavy atom. The van der Waals surface area contributed by atoms with Crippen molar-refractivity contribution in [1.29, 1.82) is 0 Å². The van der Waals surface area contributed by atoms with Crippen molar-refractivity contribution in [3.63, 3.8) is 0 Å². The average molecular weight is 211 g/mol. The van der Waals surface area contributed by atoms with Crippen LogP contribution in [-0.4, -0.2) is 35.2 Å². The van der Waals surface area contributed by atoms with Crippen molar-refractivity contribution in [3.05, 3.63) is 12.2 Å². The van der Waals surface area contributed by atoms with Gasteiger partial charge in [0.05, 0.1) is 5.60 Å². The molecule has 0 saturated heterocycles. The molecule has 1 fully saturated rings. The summed E-state index contributed by atoms with van der Waals surface area (Å²) >= 11 is 0. The van der Waals surface area contributed by atoms with E-state index in [0.29, 0.717) is 0 Å². The highest BCUT2D eigenvalue weighted by Crippen LogP contribution is 2.28. The van der Waals surface area contributed by atoms with Crippen molar-refractivity contribution in [3.8, 4) is 0 Å². The van der Waals surface area contributed by atoms with Gasteiger partial charge < -0.3 is 5.11 Å². The Labute approximate surface area is 94.0 Å². The number of aliphatic hydroxyl groups is 1. The first-order chi connectivity index (χ1) is 7.06. The molecule has 0 spiro atoms. The fraction of sp³-hybridized carbons (Fsp3) is 0.846. The lowest BCUT2D eigenvalue weighted by Crippen LogP contribution is -2.44. The Kier molecular flexibility index (Phi) is 4.81. The van der Waals surface area contributed by atoms with E-state index < -0.39 is 5.60 Å². The summed E-state index contributed by atoms with van der Waals surface area (Å²) in [6.07, 6.45) is 5.59. The molecule has 0 atom stereocenters. The van der Waals surface area contributed by atoms with E-state index in [2.05, 4.69) is 18.4 Å². The Balaban J connectivity index is 2.45. The third-order valence-corrected chi connectivity index (χ3v) is 3.24. The quantitative estimate of drug-likeness (QED) is 0.707. The van der Waals surface area contributed by atoms with E-state index in [9.17, 15) is 5.11 Å². The molecule has 1 rings (SSSR count).